The number of ether oxygens (including phenoxy) is 2. The van der Waals surface area contributed by atoms with Crippen molar-refractivity contribution in [2.75, 3.05) is 7.11 Å². The van der Waals surface area contributed by atoms with Gasteiger partial charge in [-0.15, -0.1) is 0 Å². The van der Waals surface area contributed by atoms with Crippen molar-refractivity contribution in [1.82, 2.24) is 4.98 Å². The first-order chi connectivity index (χ1) is 11.7. The Morgan fingerprint density at radius 3 is 2.88 bits per heavy atom. The Labute approximate surface area is 147 Å². The molecule has 0 saturated carbocycles. The Kier molecular flexibility index (Phi) is 4.96. The molecule has 0 N–H and O–H groups in total. The van der Waals surface area contributed by atoms with Crippen molar-refractivity contribution in [3.8, 4) is 5.75 Å². The van der Waals surface area contributed by atoms with E-state index >= 15 is 0 Å². The molecule has 24 heavy (non-hydrogen) atoms. The molecule has 0 aliphatic rings. The van der Waals surface area contributed by atoms with Crippen molar-refractivity contribution in [3.63, 3.8) is 0 Å². The van der Waals surface area contributed by atoms with E-state index in [1.807, 2.05) is 36.4 Å². The number of oxazole rings is 1. The fraction of sp³-hybridized carbons (Fsp3) is 0.111. The Morgan fingerprint density at radius 2 is 2.12 bits per heavy atom. The van der Waals surface area contributed by atoms with Crippen LogP contribution in [0.3, 0.4) is 0 Å². The van der Waals surface area contributed by atoms with E-state index in [1.165, 1.54) is 12.2 Å². The summed E-state index contributed by atoms with van der Waals surface area (Å²) >= 11 is 3.39. The smallest absolute Gasteiger partial charge is 0.331 e. The minimum Gasteiger partial charge on any atom is -0.496 e. The van der Waals surface area contributed by atoms with Gasteiger partial charge in [-0.2, -0.15) is 0 Å². The standard InChI is InChI=1S/C18H14BrNO4/c1-22-15-7-6-12(10-13(15)19)11-23-18(21)9-8-17-20-14-4-2-3-5-16(14)24-17/h2-10H,11H2,1H3/b9-8+. The molecule has 6 heteroatoms. The van der Waals surface area contributed by atoms with Crippen LogP contribution in [0, 0.1) is 0 Å². The van der Waals surface area contributed by atoms with Gasteiger partial charge in [-0.3, -0.25) is 0 Å². The fourth-order valence-electron chi connectivity index (χ4n) is 2.10. The molecular formula is C18H14BrNO4. The van der Waals surface area contributed by atoms with Gasteiger partial charge in [-0.05, 0) is 45.8 Å². The molecule has 3 rings (SSSR count). The van der Waals surface area contributed by atoms with E-state index in [9.17, 15) is 4.79 Å². The second-order valence-electron chi connectivity index (χ2n) is 4.93. The first-order valence-electron chi connectivity index (χ1n) is 7.18. The van der Waals surface area contributed by atoms with Gasteiger partial charge in [0.2, 0.25) is 5.89 Å². The van der Waals surface area contributed by atoms with Crippen LogP contribution in [0.2, 0.25) is 0 Å². The summed E-state index contributed by atoms with van der Waals surface area (Å²) < 4.78 is 16.7. The zero-order valence-corrected chi connectivity index (χ0v) is 14.4. The topological polar surface area (TPSA) is 61.6 Å². The van der Waals surface area contributed by atoms with Crippen LogP contribution in [0.25, 0.3) is 17.2 Å². The zero-order valence-electron chi connectivity index (χ0n) is 12.9. The summed E-state index contributed by atoms with van der Waals surface area (Å²) in [6.45, 7) is 0.166. The number of aromatic nitrogens is 1. The largest absolute Gasteiger partial charge is 0.496 e. The highest BCUT2D eigenvalue weighted by atomic mass is 79.9. The number of carbonyl (C=O) groups excluding carboxylic acids is 1. The summed E-state index contributed by atoms with van der Waals surface area (Å²) in [6.07, 6.45) is 2.79. The van der Waals surface area contributed by atoms with Crippen molar-refractivity contribution in [1.29, 1.82) is 0 Å². The molecule has 0 aliphatic heterocycles. The molecule has 0 aliphatic carbocycles. The van der Waals surface area contributed by atoms with Crippen LogP contribution >= 0.6 is 15.9 Å². The van der Waals surface area contributed by atoms with Gasteiger partial charge in [0.15, 0.2) is 5.58 Å². The van der Waals surface area contributed by atoms with Crippen molar-refractivity contribution in [2.45, 2.75) is 6.61 Å². The lowest BCUT2D eigenvalue weighted by molar-refractivity contribution is -0.138. The van der Waals surface area contributed by atoms with E-state index in [0.717, 1.165) is 21.3 Å². The highest BCUT2D eigenvalue weighted by Gasteiger charge is 2.05. The molecule has 0 unspecified atom stereocenters. The summed E-state index contributed by atoms with van der Waals surface area (Å²) in [5.41, 5.74) is 2.27. The molecule has 1 heterocycles. The molecule has 0 fully saturated rings. The van der Waals surface area contributed by atoms with Gasteiger partial charge >= 0.3 is 5.97 Å². The zero-order chi connectivity index (χ0) is 16.9. The van der Waals surface area contributed by atoms with Crippen LogP contribution in [-0.2, 0) is 16.1 Å². The summed E-state index contributed by atoms with van der Waals surface area (Å²) in [4.78, 5) is 16.1. The van der Waals surface area contributed by atoms with Gasteiger partial charge < -0.3 is 13.9 Å². The second kappa shape index (κ2) is 7.31. The average Bonchev–Trinajstić information content (AvgIpc) is 3.01. The maximum absolute atomic E-state index is 11.8. The molecular weight excluding hydrogens is 374 g/mol. The van der Waals surface area contributed by atoms with Crippen molar-refractivity contribution >= 4 is 39.1 Å². The molecule has 0 amide bonds. The van der Waals surface area contributed by atoms with Gasteiger partial charge in [0.1, 0.15) is 17.9 Å². The molecule has 0 spiro atoms. The number of halogens is 1. The minimum absolute atomic E-state index is 0.166. The number of rotatable bonds is 5. The number of carbonyl (C=O) groups is 1. The summed E-state index contributed by atoms with van der Waals surface area (Å²) in [7, 11) is 1.59. The predicted octanol–water partition coefficient (Wildman–Crippen LogP) is 4.36. The summed E-state index contributed by atoms with van der Waals surface area (Å²) in [6, 6.07) is 12.9. The first-order valence-corrected chi connectivity index (χ1v) is 7.98. The second-order valence-corrected chi connectivity index (χ2v) is 5.78. The normalized spacial score (nSPS) is 11.1. The summed E-state index contributed by atoms with van der Waals surface area (Å²) in [5.74, 6) is 0.616. The van der Waals surface area contributed by atoms with Gasteiger partial charge in [0.05, 0.1) is 11.6 Å². The van der Waals surface area contributed by atoms with Crippen LogP contribution in [0.4, 0.5) is 0 Å². The highest BCUT2D eigenvalue weighted by Crippen LogP contribution is 2.25. The number of methoxy groups -OCH3 is 1. The molecule has 5 nitrogen and oxygen atoms in total. The Bertz CT molecular complexity index is 868. The Hall–Kier alpha value is -2.60. The van der Waals surface area contributed by atoms with E-state index in [0.29, 0.717) is 11.5 Å². The lowest BCUT2D eigenvalue weighted by Gasteiger charge is -2.06. The van der Waals surface area contributed by atoms with Crippen LogP contribution in [0.5, 0.6) is 5.75 Å². The molecule has 3 aromatic rings. The number of fused-ring (bicyclic) bond motifs is 1. The third kappa shape index (κ3) is 3.83. The van der Waals surface area contributed by atoms with Gasteiger partial charge in [-0.25, -0.2) is 9.78 Å². The van der Waals surface area contributed by atoms with E-state index in [1.54, 1.807) is 13.2 Å². The quantitative estimate of drug-likeness (QED) is 0.480. The Morgan fingerprint density at radius 1 is 1.29 bits per heavy atom. The van der Waals surface area contributed by atoms with E-state index < -0.39 is 5.97 Å². The van der Waals surface area contributed by atoms with Crippen molar-refractivity contribution in [3.05, 3.63) is 64.5 Å². The number of benzene rings is 2. The first kappa shape index (κ1) is 16.3. The maximum Gasteiger partial charge on any atom is 0.331 e. The highest BCUT2D eigenvalue weighted by molar-refractivity contribution is 9.10. The Balaban J connectivity index is 1.60. The van der Waals surface area contributed by atoms with Crippen LogP contribution in [-0.4, -0.2) is 18.1 Å². The van der Waals surface area contributed by atoms with Gasteiger partial charge in [0, 0.05) is 12.2 Å². The average molecular weight is 388 g/mol. The molecule has 122 valence electrons. The lowest BCUT2D eigenvalue weighted by Crippen LogP contribution is -2.01. The molecule has 0 radical (unpaired) electrons. The third-order valence-electron chi connectivity index (χ3n) is 3.27. The van der Waals surface area contributed by atoms with Crippen LogP contribution in [0.15, 0.2) is 57.4 Å². The van der Waals surface area contributed by atoms with Gasteiger partial charge in [0.25, 0.3) is 0 Å². The van der Waals surface area contributed by atoms with Crippen LogP contribution in [0.1, 0.15) is 11.5 Å². The lowest BCUT2D eigenvalue weighted by atomic mass is 10.2. The molecule has 0 atom stereocenters. The molecule has 1 aromatic heterocycles. The summed E-state index contributed by atoms with van der Waals surface area (Å²) in [5, 5.41) is 0. The van der Waals surface area contributed by atoms with Crippen LogP contribution < -0.4 is 4.74 Å². The monoisotopic (exact) mass is 387 g/mol. The third-order valence-corrected chi connectivity index (χ3v) is 3.89. The SMILES string of the molecule is COc1ccc(COC(=O)/C=C/c2nc3ccccc3o2)cc1Br. The minimum atomic E-state index is -0.468. The van der Waals surface area contributed by atoms with Gasteiger partial charge in [-0.1, -0.05) is 18.2 Å². The number of esters is 1. The fourth-order valence-corrected chi connectivity index (χ4v) is 2.69. The molecule has 0 saturated heterocycles. The van der Waals surface area contributed by atoms with Crippen molar-refractivity contribution in [2.24, 2.45) is 0 Å². The number of hydrogen-bond acceptors (Lipinski definition) is 5. The van der Waals surface area contributed by atoms with E-state index in [2.05, 4.69) is 20.9 Å². The number of hydrogen-bond donors (Lipinski definition) is 0. The van der Waals surface area contributed by atoms with Crippen molar-refractivity contribution < 1.29 is 18.7 Å². The number of nitrogens with zero attached hydrogens (tertiary/aromatic N) is 1. The number of para-hydroxylation sites is 2. The van der Waals surface area contributed by atoms with E-state index in [-0.39, 0.29) is 6.61 Å². The maximum atomic E-state index is 11.8. The predicted molar refractivity (Wildman–Crippen MR) is 93.5 cm³/mol. The molecule has 2 aromatic carbocycles. The molecule has 0 bridgehead atoms. The van der Waals surface area contributed by atoms with E-state index in [4.69, 9.17) is 13.9 Å².